The number of hydrogen-bond acceptors (Lipinski definition) is 5. The number of ketones is 1. The Balaban J connectivity index is 1.91. The first-order valence-electron chi connectivity index (χ1n) is 7.88. The van der Waals surface area contributed by atoms with E-state index in [4.69, 9.17) is 5.73 Å². The largest absolute Gasteiger partial charge is 0.384 e. The van der Waals surface area contributed by atoms with Crippen LogP contribution in [0.2, 0.25) is 0 Å². The van der Waals surface area contributed by atoms with Crippen LogP contribution in [0.25, 0.3) is 0 Å². The van der Waals surface area contributed by atoms with E-state index in [0.29, 0.717) is 0 Å². The molecule has 0 spiro atoms. The van der Waals surface area contributed by atoms with Crippen LogP contribution in [-0.2, 0) is 14.1 Å². The molecule has 3 heterocycles. The summed E-state index contributed by atoms with van der Waals surface area (Å²) >= 11 is 0. The molecule has 0 bridgehead atoms. The van der Waals surface area contributed by atoms with Gasteiger partial charge in [-0.1, -0.05) is 0 Å². The quantitative estimate of drug-likeness (QED) is 0.768. The molecule has 2 aromatic heterocycles. The molecule has 2 aromatic rings. The van der Waals surface area contributed by atoms with Gasteiger partial charge in [0.1, 0.15) is 11.4 Å². The van der Waals surface area contributed by atoms with Crippen molar-refractivity contribution in [2.24, 2.45) is 14.1 Å². The van der Waals surface area contributed by atoms with Crippen LogP contribution in [0.4, 0.5) is 5.82 Å². The zero-order chi connectivity index (χ0) is 17.4. The summed E-state index contributed by atoms with van der Waals surface area (Å²) < 4.78 is 2.04. The number of carbonyl (C=O) groups is 1. The summed E-state index contributed by atoms with van der Waals surface area (Å²) in [6, 6.07) is 4.04. The van der Waals surface area contributed by atoms with Gasteiger partial charge in [0.2, 0.25) is 0 Å². The molecule has 0 radical (unpaired) electrons. The Morgan fingerprint density at radius 3 is 2.75 bits per heavy atom. The summed E-state index contributed by atoms with van der Waals surface area (Å²) in [7, 11) is 2.80. The van der Waals surface area contributed by atoms with Gasteiger partial charge in [-0.2, -0.15) is 0 Å². The van der Waals surface area contributed by atoms with Crippen LogP contribution in [0.15, 0.2) is 27.9 Å². The van der Waals surface area contributed by atoms with Gasteiger partial charge >= 0.3 is 5.69 Å². The maximum Gasteiger partial charge on any atom is 0.332 e. The van der Waals surface area contributed by atoms with E-state index in [-0.39, 0.29) is 29.8 Å². The minimum atomic E-state index is -0.642. The maximum absolute atomic E-state index is 12.7. The summed E-state index contributed by atoms with van der Waals surface area (Å²) in [5.41, 5.74) is 5.62. The van der Waals surface area contributed by atoms with Gasteiger partial charge in [0.15, 0.2) is 5.78 Å². The number of nitrogens with one attached hydrogen (secondary N) is 1. The highest BCUT2D eigenvalue weighted by Crippen LogP contribution is 2.30. The third kappa shape index (κ3) is 2.58. The number of Topliss-reactive ketones (excluding diaryl/α,β-unsaturated/α-hetero) is 1. The van der Waals surface area contributed by atoms with Crippen LogP contribution < -0.4 is 17.0 Å². The van der Waals surface area contributed by atoms with E-state index in [9.17, 15) is 14.4 Å². The Kier molecular flexibility index (Phi) is 4.15. The third-order valence-electron chi connectivity index (χ3n) is 4.68. The fraction of sp³-hybridized carbons (Fsp3) is 0.438. The lowest BCUT2D eigenvalue weighted by atomic mass is 10.1. The molecule has 24 heavy (non-hydrogen) atoms. The predicted molar refractivity (Wildman–Crippen MR) is 90.0 cm³/mol. The molecule has 1 fully saturated rings. The zero-order valence-electron chi connectivity index (χ0n) is 13.8. The normalized spacial score (nSPS) is 18.2. The number of nitrogen functional groups attached to an aromatic ring is 1. The number of hydrogen-bond donors (Lipinski definition) is 2. The van der Waals surface area contributed by atoms with Crippen molar-refractivity contribution in [1.29, 1.82) is 0 Å². The van der Waals surface area contributed by atoms with E-state index in [1.54, 1.807) is 0 Å². The zero-order valence-corrected chi connectivity index (χ0v) is 13.8. The molecule has 3 rings (SSSR count). The number of nitrogens with two attached hydrogens (primary N) is 1. The molecule has 128 valence electrons. The molecule has 8 heteroatoms. The van der Waals surface area contributed by atoms with Gasteiger partial charge < -0.3 is 10.7 Å². The van der Waals surface area contributed by atoms with E-state index < -0.39 is 11.2 Å². The number of H-pyrrole nitrogens is 1. The Bertz CT molecular complexity index is 878. The molecule has 0 aromatic carbocycles. The minimum absolute atomic E-state index is 0.0799. The van der Waals surface area contributed by atoms with Gasteiger partial charge in [-0.15, -0.1) is 0 Å². The summed E-state index contributed by atoms with van der Waals surface area (Å²) in [5, 5.41) is 0. The molecule has 0 amide bonds. The molecule has 8 nitrogen and oxygen atoms in total. The fourth-order valence-electron chi connectivity index (χ4n) is 3.30. The van der Waals surface area contributed by atoms with Crippen LogP contribution in [0.5, 0.6) is 0 Å². The number of carbonyl (C=O) groups excluding carboxylic acids is 1. The van der Waals surface area contributed by atoms with Gasteiger partial charge in [-0.25, -0.2) is 4.79 Å². The molecule has 1 saturated heterocycles. The summed E-state index contributed by atoms with van der Waals surface area (Å²) in [6.07, 6.45) is 3.79. The van der Waals surface area contributed by atoms with Crippen molar-refractivity contribution in [2.75, 3.05) is 18.8 Å². The lowest BCUT2D eigenvalue weighted by Gasteiger charge is -2.23. The average molecular weight is 331 g/mol. The van der Waals surface area contributed by atoms with Crippen molar-refractivity contribution in [1.82, 2.24) is 19.0 Å². The molecule has 0 saturated carbocycles. The Morgan fingerprint density at radius 1 is 1.33 bits per heavy atom. The first-order valence-corrected chi connectivity index (χ1v) is 7.88. The molecule has 0 aliphatic carbocycles. The molecular formula is C16H21N5O3. The fourth-order valence-corrected chi connectivity index (χ4v) is 3.30. The van der Waals surface area contributed by atoms with E-state index in [0.717, 1.165) is 34.2 Å². The molecule has 1 aliphatic rings. The second-order valence-electron chi connectivity index (χ2n) is 6.14. The lowest BCUT2D eigenvalue weighted by Crippen LogP contribution is -2.43. The van der Waals surface area contributed by atoms with Crippen LogP contribution in [0.1, 0.15) is 34.9 Å². The summed E-state index contributed by atoms with van der Waals surface area (Å²) in [4.78, 5) is 42.1. The highest BCUT2D eigenvalue weighted by Gasteiger charge is 2.30. The Morgan fingerprint density at radius 2 is 2.08 bits per heavy atom. The number of anilines is 1. The first-order chi connectivity index (χ1) is 11.4. The monoisotopic (exact) mass is 331 g/mol. The molecule has 1 unspecified atom stereocenters. The Labute approximate surface area is 138 Å². The number of aromatic nitrogens is 3. The third-order valence-corrected chi connectivity index (χ3v) is 4.68. The van der Waals surface area contributed by atoms with Crippen LogP contribution in [-0.4, -0.2) is 37.9 Å². The standard InChI is InChI=1S/C16H21N5O3/c1-19-14(17)13(15(23)20(2)16(19)24)12(22)9-21-8-4-6-11(21)10-5-3-7-18-10/h3,5,7,11,18H,4,6,8-9,17H2,1-2H3. The summed E-state index contributed by atoms with van der Waals surface area (Å²) in [6.45, 7) is 0.878. The number of likely N-dealkylation sites (tertiary alicyclic amines) is 1. The minimum Gasteiger partial charge on any atom is -0.384 e. The van der Waals surface area contributed by atoms with Crippen molar-refractivity contribution in [3.05, 3.63) is 50.4 Å². The van der Waals surface area contributed by atoms with Gasteiger partial charge in [-0.05, 0) is 31.5 Å². The summed E-state index contributed by atoms with van der Waals surface area (Å²) in [5.74, 6) is -0.439. The van der Waals surface area contributed by atoms with Crippen LogP contribution in [0, 0.1) is 0 Å². The van der Waals surface area contributed by atoms with Crippen molar-refractivity contribution < 1.29 is 4.79 Å². The molecule has 1 atom stereocenters. The van der Waals surface area contributed by atoms with Crippen molar-refractivity contribution in [2.45, 2.75) is 18.9 Å². The Hall–Kier alpha value is -2.61. The number of aromatic amines is 1. The van der Waals surface area contributed by atoms with E-state index >= 15 is 0 Å². The predicted octanol–water partition coefficient (Wildman–Crippen LogP) is 0.0141. The van der Waals surface area contributed by atoms with Crippen molar-refractivity contribution >= 4 is 11.6 Å². The SMILES string of the molecule is Cn1c(N)c(C(=O)CN2CCCC2c2ccc[nH]2)c(=O)n(C)c1=O. The van der Waals surface area contributed by atoms with Crippen LogP contribution in [0.3, 0.4) is 0 Å². The van der Waals surface area contributed by atoms with E-state index in [1.165, 1.54) is 14.1 Å². The highest BCUT2D eigenvalue weighted by molar-refractivity contribution is 6.01. The highest BCUT2D eigenvalue weighted by atomic mass is 16.2. The van der Waals surface area contributed by atoms with Gasteiger partial charge in [0.05, 0.1) is 12.6 Å². The van der Waals surface area contributed by atoms with Gasteiger partial charge in [-0.3, -0.25) is 23.6 Å². The second kappa shape index (κ2) is 6.12. The lowest BCUT2D eigenvalue weighted by molar-refractivity contribution is 0.0918. The van der Waals surface area contributed by atoms with E-state index in [2.05, 4.69) is 4.98 Å². The maximum atomic E-state index is 12.7. The second-order valence-corrected chi connectivity index (χ2v) is 6.14. The number of nitrogens with zero attached hydrogens (tertiary/aromatic N) is 3. The van der Waals surface area contributed by atoms with Crippen LogP contribution >= 0.6 is 0 Å². The molecular weight excluding hydrogens is 310 g/mol. The average Bonchev–Trinajstić information content (AvgIpc) is 3.22. The first kappa shape index (κ1) is 16.3. The molecule has 3 N–H and O–H groups in total. The van der Waals surface area contributed by atoms with Crippen molar-refractivity contribution in [3.63, 3.8) is 0 Å². The van der Waals surface area contributed by atoms with Crippen molar-refractivity contribution in [3.8, 4) is 0 Å². The van der Waals surface area contributed by atoms with E-state index in [1.807, 2.05) is 23.2 Å². The molecule has 1 aliphatic heterocycles. The van der Waals surface area contributed by atoms with Gasteiger partial charge in [0, 0.05) is 26.0 Å². The van der Waals surface area contributed by atoms with Gasteiger partial charge in [0.25, 0.3) is 5.56 Å². The topological polar surface area (TPSA) is 106 Å². The number of rotatable bonds is 4. The smallest absolute Gasteiger partial charge is 0.332 e.